The zero-order chi connectivity index (χ0) is 13.7. The minimum atomic E-state index is -2.57. The van der Waals surface area contributed by atoms with Gasteiger partial charge >= 0.3 is 0 Å². The second-order valence-corrected chi connectivity index (χ2v) is 4.54. The Hall–Kier alpha value is -2.57. The van der Waals surface area contributed by atoms with Gasteiger partial charge in [-0.25, -0.2) is 23.4 Å². The number of imidazole rings is 1. The van der Waals surface area contributed by atoms with Crippen LogP contribution < -0.4 is 0 Å². The maximum Gasteiger partial charge on any atom is 0.264 e. The Morgan fingerprint density at radius 2 is 2.15 bits per heavy atom. The number of hydrogen-bond donors (Lipinski definition) is 0. The molecule has 3 heterocycles. The summed E-state index contributed by atoms with van der Waals surface area (Å²) in [5.41, 5.74) is 1.90. The molecule has 1 aromatic carbocycles. The van der Waals surface area contributed by atoms with Gasteiger partial charge in [0, 0.05) is 5.56 Å². The first-order valence-corrected chi connectivity index (χ1v) is 6.06. The van der Waals surface area contributed by atoms with Crippen molar-refractivity contribution >= 4 is 0 Å². The number of nitrogens with zero attached hydrogens (tertiary/aromatic N) is 5. The molecule has 0 N–H and O–H groups in total. The molecule has 0 radical (unpaired) electrons. The van der Waals surface area contributed by atoms with Crippen molar-refractivity contribution in [3.8, 4) is 17.1 Å². The van der Waals surface area contributed by atoms with Gasteiger partial charge in [-0.3, -0.25) is 0 Å². The molecule has 0 fully saturated rings. The van der Waals surface area contributed by atoms with Crippen molar-refractivity contribution in [2.45, 2.75) is 13.0 Å². The quantitative estimate of drug-likeness (QED) is 0.535. The summed E-state index contributed by atoms with van der Waals surface area (Å²) in [6, 6.07) is 4.83. The van der Waals surface area contributed by atoms with Crippen molar-refractivity contribution in [2.75, 3.05) is 0 Å². The van der Waals surface area contributed by atoms with E-state index in [1.807, 2.05) is 0 Å². The summed E-state index contributed by atoms with van der Waals surface area (Å²) >= 11 is 0. The molecule has 0 amide bonds. The second-order valence-electron chi connectivity index (χ2n) is 4.54. The zero-order valence-corrected chi connectivity index (χ0v) is 10.2. The van der Waals surface area contributed by atoms with Crippen LogP contribution >= 0.6 is 0 Å². The van der Waals surface area contributed by atoms with Crippen LogP contribution in [0, 0.1) is 0 Å². The van der Waals surface area contributed by atoms with Gasteiger partial charge in [0.2, 0.25) is 0 Å². The number of fused-ring (bicyclic) bond motifs is 5. The molecule has 0 unspecified atom stereocenters. The Morgan fingerprint density at radius 3 is 3.00 bits per heavy atom. The van der Waals surface area contributed by atoms with E-state index in [-0.39, 0.29) is 5.56 Å². The van der Waals surface area contributed by atoms with E-state index in [9.17, 15) is 8.78 Å². The second kappa shape index (κ2) is 3.96. The van der Waals surface area contributed by atoms with Gasteiger partial charge in [0.25, 0.3) is 6.43 Å². The van der Waals surface area contributed by atoms with Crippen LogP contribution in [0.15, 0.2) is 37.1 Å². The monoisotopic (exact) mass is 273 g/mol. The maximum absolute atomic E-state index is 13.3. The van der Waals surface area contributed by atoms with E-state index in [1.54, 1.807) is 33.9 Å². The molecule has 3 aromatic rings. The molecule has 2 aromatic heterocycles. The van der Waals surface area contributed by atoms with Crippen molar-refractivity contribution in [2.24, 2.45) is 0 Å². The lowest BCUT2D eigenvalue weighted by atomic mass is 10.0. The number of benzene rings is 1. The molecule has 4 rings (SSSR count). The Bertz CT molecular complexity index is 790. The molecule has 100 valence electrons. The Labute approximate surface area is 112 Å². The first kappa shape index (κ1) is 11.3. The topological polar surface area (TPSA) is 48.5 Å². The van der Waals surface area contributed by atoms with Gasteiger partial charge in [-0.1, -0.05) is 12.1 Å². The van der Waals surface area contributed by atoms with E-state index in [2.05, 4.69) is 15.1 Å². The highest BCUT2D eigenvalue weighted by Gasteiger charge is 2.26. The van der Waals surface area contributed by atoms with Gasteiger partial charge in [-0.05, 0) is 6.07 Å². The highest BCUT2D eigenvalue weighted by atomic mass is 19.3. The normalized spacial score (nSPS) is 12.8. The number of alkyl halides is 2. The fraction of sp³-hybridized carbons (Fsp3) is 0.154. The van der Waals surface area contributed by atoms with E-state index in [0.717, 1.165) is 5.69 Å². The molecule has 0 saturated heterocycles. The highest BCUT2D eigenvalue weighted by Crippen LogP contribution is 2.37. The van der Waals surface area contributed by atoms with Crippen LogP contribution in [0.5, 0.6) is 0 Å². The molecule has 0 saturated carbocycles. The lowest BCUT2D eigenvalue weighted by molar-refractivity contribution is 0.152. The van der Waals surface area contributed by atoms with Gasteiger partial charge in [0.15, 0.2) is 5.82 Å². The van der Waals surface area contributed by atoms with Gasteiger partial charge in [-0.15, -0.1) is 0 Å². The number of halogens is 2. The molecule has 5 nitrogen and oxygen atoms in total. The van der Waals surface area contributed by atoms with Crippen molar-refractivity contribution < 1.29 is 8.78 Å². The Morgan fingerprint density at radius 1 is 1.25 bits per heavy atom. The number of rotatable bonds is 1. The lowest BCUT2D eigenvalue weighted by Crippen LogP contribution is -2.03. The third-order valence-electron chi connectivity index (χ3n) is 3.44. The minimum Gasteiger partial charge on any atom is -0.301 e. The van der Waals surface area contributed by atoms with Crippen LogP contribution in [0.4, 0.5) is 8.78 Å². The molecule has 1 aliphatic heterocycles. The maximum atomic E-state index is 13.3. The summed E-state index contributed by atoms with van der Waals surface area (Å²) in [7, 11) is 0. The predicted octanol–water partition coefficient (Wildman–Crippen LogP) is 2.43. The van der Waals surface area contributed by atoms with E-state index in [4.69, 9.17) is 0 Å². The van der Waals surface area contributed by atoms with Crippen LogP contribution in [0.25, 0.3) is 17.1 Å². The van der Waals surface area contributed by atoms with E-state index in [1.165, 1.54) is 12.4 Å². The minimum absolute atomic E-state index is 0.0432. The first-order chi connectivity index (χ1) is 9.75. The average Bonchev–Trinajstić information content (AvgIpc) is 3.06. The van der Waals surface area contributed by atoms with Gasteiger partial charge < -0.3 is 4.57 Å². The van der Waals surface area contributed by atoms with Gasteiger partial charge in [0.1, 0.15) is 6.33 Å². The van der Waals surface area contributed by atoms with Crippen LogP contribution in [-0.4, -0.2) is 24.3 Å². The molecule has 0 bridgehead atoms. The summed E-state index contributed by atoms with van der Waals surface area (Å²) in [5, 5.41) is 4.11. The molecule has 1 aliphatic rings. The van der Waals surface area contributed by atoms with Crippen LogP contribution in [-0.2, 0) is 6.54 Å². The third-order valence-corrected chi connectivity index (χ3v) is 3.44. The van der Waals surface area contributed by atoms with Crippen LogP contribution in [0.2, 0.25) is 0 Å². The van der Waals surface area contributed by atoms with Crippen LogP contribution in [0.3, 0.4) is 0 Å². The predicted molar refractivity (Wildman–Crippen MR) is 66.6 cm³/mol. The molecule has 0 spiro atoms. The summed E-state index contributed by atoms with van der Waals surface area (Å²) in [5.74, 6) is 0.458. The fourth-order valence-electron chi connectivity index (χ4n) is 2.57. The summed E-state index contributed by atoms with van der Waals surface area (Å²) in [6.07, 6.45) is 2.14. The third kappa shape index (κ3) is 1.43. The largest absolute Gasteiger partial charge is 0.301 e. The van der Waals surface area contributed by atoms with Crippen molar-refractivity contribution in [1.82, 2.24) is 24.3 Å². The van der Waals surface area contributed by atoms with Crippen molar-refractivity contribution in [1.29, 1.82) is 0 Å². The molecule has 20 heavy (non-hydrogen) atoms. The number of aromatic nitrogens is 5. The van der Waals surface area contributed by atoms with Crippen LogP contribution in [0.1, 0.15) is 17.7 Å². The molecule has 7 heteroatoms. The summed E-state index contributed by atoms with van der Waals surface area (Å²) in [6.45, 7) is 0.451. The number of hydrogen-bond acceptors (Lipinski definition) is 3. The van der Waals surface area contributed by atoms with Crippen molar-refractivity contribution in [3.05, 3.63) is 48.3 Å². The van der Waals surface area contributed by atoms with Crippen molar-refractivity contribution in [3.63, 3.8) is 0 Å². The molecular weight excluding hydrogens is 264 g/mol. The molecular formula is C13H9F2N5. The SMILES string of the molecule is FC(F)c1cccc2c1-c1ncnn1Cc1cncn1-2. The van der Waals surface area contributed by atoms with Gasteiger partial charge in [0.05, 0.1) is 36.0 Å². The smallest absolute Gasteiger partial charge is 0.264 e. The Balaban J connectivity index is 2.13. The van der Waals surface area contributed by atoms with E-state index in [0.29, 0.717) is 23.6 Å². The van der Waals surface area contributed by atoms with E-state index < -0.39 is 6.43 Å². The fourth-order valence-corrected chi connectivity index (χ4v) is 2.57. The Kier molecular flexibility index (Phi) is 2.23. The standard InChI is InChI=1S/C13H9F2N5/c14-12(15)9-2-1-3-10-11(9)13-17-6-18-20(13)5-8-4-16-7-19(8)10/h1-4,6-7,12H,5H2. The average molecular weight is 273 g/mol. The molecule has 0 atom stereocenters. The van der Waals surface area contributed by atoms with Gasteiger partial charge in [-0.2, -0.15) is 5.10 Å². The van der Waals surface area contributed by atoms with E-state index >= 15 is 0 Å². The summed E-state index contributed by atoms with van der Waals surface area (Å²) in [4.78, 5) is 8.24. The molecule has 0 aliphatic carbocycles. The highest BCUT2D eigenvalue weighted by molar-refractivity contribution is 5.73. The zero-order valence-electron chi connectivity index (χ0n) is 10.2. The first-order valence-electron chi connectivity index (χ1n) is 6.06. The summed E-state index contributed by atoms with van der Waals surface area (Å²) < 4.78 is 30.0. The lowest BCUT2D eigenvalue weighted by Gasteiger charge is -2.12.